The van der Waals surface area contributed by atoms with Crippen LogP contribution in [0.5, 0.6) is 0 Å². The van der Waals surface area contributed by atoms with Crippen LogP contribution in [0, 0.1) is 0 Å². The van der Waals surface area contributed by atoms with Gasteiger partial charge in [-0.1, -0.05) is 127 Å². The largest absolute Gasteiger partial charge is 0.454 e. The van der Waals surface area contributed by atoms with Crippen LogP contribution in [0.3, 0.4) is 0 Å². The van der Waals surface area contributed by atoms with Crippen LogP contribution in [0.15, 0.2) is 180 Å². The molecular weight excluding hydrogens is 635 g/mol. The van der Waals surface area contributed by atoms with E-state index in [9.17, 15) is 0 Å². The van der Waals surface area contributed by atoms with Gasteiger partial charge in [-0.05, 0) is 70.1 Å². The summed E-state index contributed by atoms with van der Waals surface area (Å²) in [5.74, 6) is 0.654. The van der Waals surface area contributed by atoms with E-state index in [-0.39, 0.29) is 0 Å². The summed E-state index contributed by atoms with van der Waals surface area (Å²) in [6.45, 7) is 0. The molecule has 11 rings (SSSR count). The molecule has 0 saturated heterocycles. The van der Waals surface area contributed by atoms with Crippen molar-refractivity contribution in [2.75, 3.05) is 0 Å². The van der Waals surface area contributed by atoms with Gasteiger partial charge in [-0.3, -0.25) is 0 Å². The average molecular weight is 664 g/mol. The van der Waals surface area contributed by atoms with Gasteiger partial charge in [0.05, 0.1) is 28.1 Å². The molecule has 0 radical (unpaired) electrons. The third-order valence-corrected chi connectivity index (χ3v) is 10.4. The topological polar surface area (TPSA) is 43.9 Å². The highest BCUT2D eigenvalue weighted by molar-refractivity contribution is 6.17. The highest BCUT2D eigenvalue weighted by Gasteiger charge is 2.22. The Bertz CT molecular complexity index is 3190. The van der Waals surface area contributed by atoms with Crippen LogP contribution in [-0.2, 0) is 0 Å². The minimum atomic E-state index is 0.654. The molecular formula is C48H29N3O. The van der Waals surface area contributed by atoms with E-state index in [2.05, 4.69) is 162 Å². The van der Waals surface area contributed by atoms with Crippen molar-refractivity contribution in [1.82, 2.24) is 14.5 Å². The number of hydrogen-bond acceptors (Lipinski definition) is 3. The van der Waals surface area contributed by atoms with Gasteiger partial charge in [0.2, 0.25) is 0 Å². The van der Waals surface area contributed by atoms with Crippen molar-refractivity contribution in [1.29, 1.82) is 0 Å². The summed E-state index contributed by atoms with van der Waals surface area (Å²) in [4.78, 5) is 10.6. The monoisotopic (exact) mass is 663 g/mol. The second-order valence-corrected chi connectivity index (χ2v) is 13.4. The summed E-state index contributed by atoms with van der Waals surface area (Å²) in [6.07, 6.45) is 0. The van der Waals surface area contributed by atoms with Crippen molar-refractivity contribution in [3.63, 3.8) is 0 Å². The SMILES string of the molecule is c1ccc(-c2cc(-c3ccc4ccccc4c3)nc(-c3ccc(-n4c5ccccc5c5cc6ccccc6cc54)c4oc5ccccc5c34)n2)cc1. The Balaban J connectivity index is 1.21. The van der Waals surface area contributed by atoms with Crippen LogP contribution in [0.1, 0.15) is 0 Å². The summed E-state index contributed by atoms with van der Waals surface area (Å²) in [5.41, 5.74) is 9.61. The fourth-order valence-corrected chi connectivity index (χ4v) is 7.91. The first-order chi connectivity index (χ1) is 25.8. The van der Waals surface area contributed by atoms with Crippen LogP contribution in [0.25, 0.3) is 105 Å². The molecule has 0 unspecified atom stereocenters. The van der Waals surface area contributed by atoms with Crippen LogP contribution < -0.4 is 0 Å². The summed E-state index contributed by atoms with van der Waals surface area (Å²) in [5, 5.41) is 9.23. The molecule has 0 aliphatic rings. The van der Waals surface area contributed by atoms with E-state index < -0.39 is 0 Å². The zero-order chi connectivity index (χ0) is 34.2. The van der Waals surface area contributed by atoms with Gasteiger partial charge >= 0.3 is 0 Å². The quantitative estimate of drug-likeness (QED) is 0.188. The lowest BCUT2D eigenvalue weighted by Gasteiger charge is -2.13. The van der Waals surface area contributed by atoms with Crippen molar-refractivity contribution >= 4 is 65.3 Å². The van der Waals surface area contributed by atoms with Crippen molar-refractivity contribution in [3.8, 4) is 39.6 Å². The molecule has 0 amide bonds. The lowest BCUT2D eigenvalue weighted by atomic mass is 10.0. The highest BCUT2D eigenvalue weighted by atomic mass is 16.3. The Morgan fingerprint density at radius 2 is 1.08 bits per heavy atom. The van der Waals surface area contributed by atoms with E-state index >= 15 is 0 Å². The van der Waals surface area contributed by atoms with Gasteiger partial charge in [0, 0.05) is 38.2 Å². The summed E-state index contributed by atoms with van der Waals surface area (Å²) >= 11 is 0. The van der Waals surface area contributed by atoms with Crippen molar-refractivity contribution in [2.45, 2.75) is 0 Å². The van der Waals surface area contributed by atoms with Crippen LogP contribution in [0.4, 0.5) is 0 Å². The van der Waals surface area contributed by atoms with Crippen LogP contribution in [-0.4, -0.2) is 14.5 Å². The molecule has 11 aromatic rings. The molecule has 0 fully saturated rings. The van der Waals surface area contributed by atoms with Crippen molar-refractivity contribution < 1.29 is 4.42 Å². The molecule has 52 heavy (non-hydrogen) atoms. The van der Waals surface area contributed by atoms with E-state index in [4.69, 9.17) is 14.4 Å². The maximum Gasteiger partial charge on any atom is 0.161 e. The van der Waals surface area contributed by atoms with E-state index in [1.807, 2.05) is 18.2 Å². The summed E-state index contributed by atoms with van der Waals surface area (Å²) < 4.78 is 9.21. The predicted molar refractivity (Wildman–Crippen MR) is 215 cm³/mol. The van der Waals surface area contributed by atoms with Gasteiger partial charge in [-0.15, -0.1) is 0 Å². The molecule has 0 atom stereocenters. The van der Waals surface area contributed by atoms with Crippen LogP contribution in [0.2, 0.25) is 0 Å². The van der Waals surface area contributed by atoms with Crippen LogP contribution >= 0.6 is 0 Å². The standard InChI is InChI=1S/C48H29N3O/c1-2-13-31(14-3-1)40-29-41(35-23-22-30-12-4-5-15-32(30)26-35)50-48(49-40)38-24-25-43(47-46(38)37-19-9-11-21-45(37)52-47)51-42-20-10-8-18-36(42)39-27-33-16-6-7-17-34(33)28-44(39)51/h1-29H. The zero-order valence-corrected chi connectivity index (χ0v) is 28.0. The molecule has 0 aliphatic carbocycles. The highest BCUT2D eigenvalue weighted by Crippen LogP contribution is 2.43. The fraction of sp³-hybridized carbons (Fsp3) is 0. The molecule has 4 nitrogen and oxygen atoms in total. The molecule has 0 aliphatic heterocycles. The first kappa shape index (κ1) is 28.8. The van der Waals surface area contributed by atoms with Gasteiger partial charge in [0.25, 0.3) is 0 Å². The molecule has 0 bridgehead atoms. The van der Waals surface area contributed by atoms with Crippen molar-refractivity contribution in [3.05, 3.63) is 176 Å². The fourth-order valence-electron chi connectivity index (χ4n) is 7.91. The van der Waals surface area contributed by atoms with E-state index in [0.29, 0.717) is 5.82 Å². The average Bonchev–Trinajstić information content (AvgIpc) is 3.76. The Kier molecular flexibility index (Phi) is 6.22. The molecule has 8 aromatic carbocycles. The zero-order valence-electron chi connectivity index (χ0n) is 28.0. The third-order valence-electron chi connectivity index (χ3n) is 10.4. The Hall–Kier alpha value is -7.04. The Morgan fingerprint density at radius 1 is 0.423 bits per heavy atom. The second-order valence-electron chi connectivity index (χ2n) is 13.4. The number of rotatable bonds is 4. The van der Waals surface area contributed by atoms with Gasteiger partial charge < -0.3 is 8.98 Å². The predicted octanol–water partition coefficient (Wildman–Crippen LogP) is 12.8. The lowest BCUT2D eigenvalue weighted by Crippen LogP contribution is -1.99. The molecule has 3 heterocycles. The Labute approximate surface area is 298 Å². The maximum atomic E-state index is 6.86. The number of para-hydroxylation sites is 2. The number of fused-ring (bicyclic) bond motifs is 8. The molecule has 3 aromatic heterocycles. The number of hydrogen-bond donors (Lipinski definition) is 0. The van der Waals surface area contributed by atoms with Gasteiger partial charge in [0.15, 0.2) is 11.4 Å². The minimum Gasteiger partial charge on any atom is -0.454 e. The normalized spacial score (nSPS) is 11.8. The van der Waals surface area contributed by atoms with E-state index in [1.165, 1.54) is 32.3 Å². The summed E-state index contributed by atoms with van der Waals surface area (Å²) in [7, 11) is 0. The smallest absolute Gasteiger partial charge is 0.161 e. The van der Waals surface area contributed by atoms with Crippen molar-refractivity contribution in [2.24, 2.45) is 0 Å². The maximum absolute atomic E-state index is 6.86. The molecule has 4 heteroatoms. The number of nitrogens with zero attached hydrogens (tertiary/aromatic N) is 3. The summed E-state index contributed by atoms with van der Waals surface area (Å²) in [6, 6.07) is 61.9. The van der Waals surface area contributed by atoms with Gasteiger partial charge in [-0.25, -0.2) is 9.97 Å². The molecule has 0 spiro atoms. The Morgan fingerprint density at radius 3 is 1.90 bits per heavy atom. The minimum absolute atomic E-state index is 0.654. The van der Waals surface area contributed by atoms with Gasteiger partial charge in [0.1, 0.15) is 5.58 Å². The molecule has 0 saturated carbocycles. The first-order valence-corrected chi connectivity index (χ1v) is 17.6. The van der Waals surface area contributed by atoms with E-state index in [0.717, 1.165) is 66.7 Å². The third kappa shape index (κ3) is 4.41. The second kappa shape index (κ2) is 11.2. The van der Waals surface area contributed by atoms with E-state index in [1.54, 1.807) is 0 Å². The lowest BCUT2D eigenvalue weighted by molar-refractivity contribution is 0.666. The molecule has 0 N–H and O–H groups in total. The number of benzene rings is 8. The number of furan rings is 1. The number of aromatic nitrogens is 3. The van der Waals surface area contributed by atoms with Gasteiger partial charge in [-0.2, -0.15) is 0 Å². The molecule has 242 valence electrons. The first-order valence-electron chi connectivity index (χ1n) is 17.6.